The van der Waals surface area contributed by atoms with Crippen LogP contribution in [0.15, 0.2) is 41.9 Å². The topological polar surface area (TPSA) is 78.3 Å². The predicted octanol–water partition coefficient (Wildman–Crippen LogP) is 3.84. The number of esters is 1. The van der Waals surface area contributed by atoms with Gasteiger partial charge in [-0.2, -0.15) is 10.1 Å². The summed E-state index contributed by atoms with van der Waals surface area (Å²) < 4.78 is 13.2. The van der Waals surface area contributed by atoms with Crippen molar-refractivity contribution in [2.75, 3.05) is 11.9 Å². The number of nitrogens with zero attached hydrogens (tertiary/aromatic N) is 3. The molecule has 0 radical (unpaired) electrons. The van der Waals surface area contributed by atoms with Gasteiger partial charge in [0.05, 0.1) is 12.2 Å². The number of carbonyl (C=O) groups excluding carboxylic acids is 1. The van der Waals surface area contributed by atoms with Gasteiger partial charge in [-0.3, -0.25) is 0 Å². The van der Waals surface area contributed by atoms with E-state index >= 15 is 0 Å². The summed E-state index contributed by atoms with van der Waals surface area (Å²) in [6, 6.07) is 7.38. The number of hydrogen-bond donors (Lipinski definition) is 1. The van der Waals surface area contributed by atoms with Crippen molar-refractivity contribution in [3.05, 3.63) is 47.4 Å². The fourth-order valence-electron chi connectivity index (χ4n) is 3.97. The van der Waals surface area contributed by atoms with Crippen molar-refractivity contribution >= 4 is 11.9 Å². The third-order valence-corrected chi connectivity index (χ3v) is 5.35. The zero-order valence-corrected chi connectivity index (χ0v) is 16.4. The lowest BCUT2D eigenvalue weighted by Gasteiger charge is -2.30. The second kappa shape index (κ2) is 8.04. The van der Waals surface area contributed by atoms with Crippen molar-refractivity contribution in [3.63, 3.8) is 0 Å². The van der Waals surface area contributed by atoms with Crippen LogP contribution in [0, 0.1) is 0 Å². The molecule has 1 atom stereocenters. The molecule has 1 aromatic heterocycles. The molecule has 1 saturated carbocycles. The van der Waals surface area contributed by atoms with Gasteiger partial charge in [0.2, 0.25) is 5.95 Å². The first-order valence-electron chi connectivity index (χ1n) is 9.98. The third kappa shape index (κ3) is 3.61. The molecule has 28 heavy (non-hydrogen) atoms. The average molecular weight is 382 g/mol. The van der Waals surface area contributed by atoms with Crippen LogP contribution in [0.3, 0.4) is 0 Å². The standard InChI is InChI=1S/C21H26N4O3/c1-3-27-16-11-9-15(10-12-16)19-18(14(2)24-21-22-13-23-25(19)21)20(26)28-17-7-5-4-6-8-17/h9-13,17,19H,3-8H2,1-2H3,(H,22,23,24)/t19-/m1/s1. The number of benzene rings is 1. The molecule has 1 aliphatic heterocycles. The monoisotopic (exact) mass is 382 g/mol. The maximum atomic E-state index is 13.2. The van der Waals surface area contributed by atoms with Crippen LogP contribution in [-0.2, 0) is 9.53 Å². The molecule has 7 nitrogen and oxygen atoms in total. The van der Waals surface area contributed by atoms with Crippen molar-refractivity contribution in [2.24, 2.45) is 0 Å². The predicted molar refractivity (Wildman–Crippen MR) is 105 cm³/mol. The highest BCUT2D eigenvalue weighted by atomic mass is 16.5. The van der Waals surface area contributed by atoms with E-state index in [1.54, 1.807) is 4.68 Å². The molecule has 1 aromatic carbocycles. The summed E-state index contributed by atoms with van der Waals surface area (Å²) in [4.78, 5) is 17.4. The Kier molecular flexibility index (Phi) is 5.32. The van der Waals surface area contributed by atoms with E-state index in [2.05, 4.69) is 15.4 Å². The molecule has 148 valence electrons. The minimum absolute atomic E-state index is 0.000302. The van der Waals surface area contributed by atoms with Gasteiger partial charge in [0.1, 0.15) is 24.2 Å². The molecule has 1 aliphatic carbocycles. The van der Waals surface area contributed by atoms with Gasteiger partial charge >= 0.3 is 5.97 Å². The molecule has 0 spiro atoms. The van der Waals surface area contributed by atoms with Crippen LogP contribution in [0.4, 0.5) is 5.95 Å². The van der Waals surface area contributed by atoms with Gasteiger partial charge in [0, 0.05) is 5.70 Å². The largest absolute Gasteiger partial charge is 0.494 e. The fourth-order valence-corrected chi connectivity index (χ4v) is 3.97. The van der Waals surface area contributed by atoms with Crippen LogP contribution in [-0.4, -0.2) is 33.4 Å². The molecule has 4 rings (SSSR count). The summed E-state index contributed by atoms with van der Waals surface area (Å²) in [5.74, 6) is 1.13. The molecule has 2 aromatic rings. The first-order valence-corrected chi connectivity index (χ1v) is 9.98. The maximum Gasteiger partial charge on any atom is 0.338 e. The number of rotatable bonds is 5. The Morgan fingerprint density at radius 1 is 1.21 bits per heavy atom. The second-order valence-electron chi connectivity index (χ2n) is 7.26. The van der Waals surface area contributed by atoms with Gasteiger partial charge in [-0.15, -0.1) is 0 Å². The molecule has 1 N–H and O–H groups in total. The first kappa shape index (κ1) is 18.5. The van der Waals surface area contributed by atoms with Gasteiger partial charge < -0.3 is 14.8 Å². The highest BCUT2D eigenvalue weighted by Crippen LogP contribution is 2.36. The average Bonchev–Trinajstić information content (AvgIpc) is 3.16. The van der Waals surface area contributed by atoms with Gasteiger partial charge in [0.15, 0.2) is 0 Å². The third-order valence-electron chi connectivity index (χ3n) is 5.35. The molecular weight excluding hydrogens is 356 g/mol. The van der Waals surface area contributed by atoms with Gasteiger partial charge in [-0.05, 0) is 57.2 Å². The number of anilines is 1. The molecule has 2 heterocycles. The van der Waals surface area contributed by atoms with Crippen molar-refractivity contribution in [3.8, 4) is 5.75 Å². The number of nitrogens with one attached hydrogen (secondary N) is 1. The van der Waals surface area contributed by atoms with Gasteiger partial charge in [-0.25, -0.2) is 9.48 Å². The molecule has 0 bridgehead atoms. The number of allylic oxidation sites excluding steroid dienone is 1. The summed E-state index contributed by atoms with van der Waals surface area (Å²) >= 11 is 0. The Morgan fingerprint density at radius 2 is 1.96 bits per heavy atom. The summed E-state index contributed by atoms with van der Waals surface area (Å²) in [6.07, 6.45) is 6.82. The van der Waals surface area contributed by atoms with E-state index in [1.807, 2.05) is 38.1 Å². The molecule has 0 unspecified atom stereocenters. The molecule has 2 aliphatic rings. The summed E-state index contributed by atoms with van der Waals surface area (Å²) in [5.41, 5.74) is 2.26. The van der Waals surface area contributed by atoms with Crippen molar-refractivity contribution in [1.29, 1.82) is 0 Å². The van der Waals surface area contributed by atoms with E-state index in [9.17, 15) is 4.79 Å². The van der Waals surface area contributed by atoms with Crippen molar-refractivity contribution in [2.45, 2.75) is 58.1 Å². The maximum absolute atomic E-state index is 13.2. The van der Waals surface area contributed by atoms with E-state index in [1.165, 1.54) is 12.7 Å². The Bertz CT molecular complexity index is 866. The number of hydrogen-bond acceptors (Lipinski definition) is 6. The zero-order valence-electron chi connectivity index (χ0n) is 16.4. The first-order chi connectivity index (χ1) is 13.7. The smallest absolute Gasteiger partial charge is 0.338 e. The Hall–Kier alpha value is -2.83. The highest BCUT2D eigenvalue weighted by molar-refractivity contribution is 5.92. The molecule has 1 fully saturated rings. The van der Waals surface area contributed by atoms with Crippen LogP contribution in [0.25, 0.3) is 0 Å². The Balaban J connectivity index is 1.66. The van der Waals surface area contributed by atoms with E-state index in [0.717, 1.165) is 42.7 Å². The van der Waals surface area contributed by atoms with Crippen LogP contribution in [0.1, 0.15) is 57.6 Å². The molecule has 7 heteroatoms. The molecule has 0 amide bonds. The van der Waals surface area contributed by atoms with E-state index in [0.29, 0.717) is 18.1 Å². The van der Waals surface area contributed by atoms with Gasteiger partial charge in [-0.1, -0.05) is 18.6 Å². The normalized spacial score (nSPS) is 19.7. The summed E-state index contributed by atoms with van der Waals surface area (Å²) in [7, 11) is 0. The number of fused-ring (bicyclic) bond motifs is 1. The van der Waals surface area contributed by atoms with E-state index < -0.39 is 0 Å². The number of carbonyl (C=O) groups is 1. The summed E-state index contributed by atoms with van der Waals surface area (Å²) in [5, 5.41) is 7.54. The van der Waals surface area contributed by atoms with Crippen LogP contribution < -0.4 is 10.1 Å². The highest BCUT2D eigenvalue weighted by Gasteiger charge is 2.35. The molecule has 0 saturated heterocycles. The number of aromatic nitrogens is 3. The van der Waals surface area contributed by atoms with Crippen LogP contribution in [0.5, 0.6) is 5.75 Å². The number of ether oxygens (including phenoxy) is 2. The van der Waals surface area contributed by atoms with Gasteiger partial charge in [0.25, 0.3) is 0 Å². The van der Waals surface area contributed by atoms with Crippen molar-refractivity contribution < 1.29 is 14.3 Å². The zero-order chi connectivity index (χ0) is 19.5. The van der Waals surface area contributed by atoms with E-state index in [4.69, 9.17) is 9.47 Å². The quantitative estimate of drug-likeness (QED) is 0.792. The van der Waals surface area contributed by atoms with E-state index in [-0.39, 0.29) is 18.1 Å². The lowest BCUT2D eigenvalue weighted by molar-refractivity contribution is -0.146. The van der Waals surface area contributed by atoms with Crippen LogP contribution in [0.2, 0.25) is 0 Å². The minimum atomic E-state index is -0.384. The Morgan fingerprint density at radius 3 is 2.68 bits per heavy atom. The lowest BCUT2D eigenvalue weighted by Crippen LogP contribution is -2.32. The molecular formula is C21H26N4O3. The fraction of sp³-hybridized carbons (Fsp3) is 0.476. The lowest BCUT2D eigenvalue weighted by atomic mass is 9.95. The van der Waals surface area contributed by atoms with Crippen molar-refractivity contribution in [1.82, 2.24) is 14.8 Å². The minimum Gasteiger partial charge on any atom is -0.494 e. The summed E-state index contributed by atoms with van der Waals surface area (Å²) in [6.45, 7) is 4.45. The SMILES string of the molecule is CCOc1ccc([C@@H]2C(C(=O)OC3CCCCC3)=C(C)Nc3ncnn32)cc1. The van der Waals surface area contributed by atoms with Crippen LogP contribution >= 0.6 is 0 Å². The second-order valence-corrected chi connectivity index (χ2v) is 7.26. The Labute approximate surface area is 164 Å².